The minimum Gasteiger partial charge on any atom is -0.468 e. The number of aliphatic hydroxyl groups is 1. The Balaban J connectivity index is 2.19. The molecule has 6 atom stereocenters. The molecule has 0 amide bonds. The fraction of sp³-hybridized carbons (Fsp3) is 0.684. The molecule has 1 aliphatic rings. The summed E-state index contributed by atoms with van der Waals surface area (Å²) in [6.45, 7) is 1.70. The summed E-state index contributed by atoms with van der Waals surface area (Å²) in [7, 11) is 1.16. The van der Waals surface area contributed by atoms with Crippen LogP contribution in [0.1, 0.15) is 33.9 Å². The molecule has 0 radical (unpaired) electrons. The Bertz CT molecular complexity index is 1080. The van der Waals surface area contributed by atoms with Gasteiger partial charge in [-0.25, -0.2) is 9.88 Å². The quantitative estimate of drug-likeness (QED) is 0.198. The van der Waals surface area contributed by atoms with Gasteiger partial charge in [0.05, 0.1) is 19.8 Å². The third kappa shape index (κ3) is 7.66. The number of halogens is 1. The summed E-state index contributed by atoms with van der Waals surface area (Å²) in [6, 6.07) is 0.0289. The van der Waals surface area contributed by atoms with Crippen LogP contribution in [0.15, 0.2) is 21.9 Å². The number of aliphatic hydroxyl groups excluding tert-OH is 1. The van der Waals surface area contributed by atoms with Crippen LogP contribution in [0.25, 0.3) is 0 Å². The normalized spacial score (nSPS) is 26.8. The van der Waals surface area contributed by atoms with Crippen molar-refractivity contribution in [2.24, 2.45) is 0 Å². The van der Waals surface area contributed by atoms with E-state index in [1.807, 2.05) is 0 Å². The van der Waals surface area contributed by atoms with Gasteiger partial charge in [-0.3, -0.25) is 28.5 Å². The molecule has 0 bridgehead atoms. The van der Waals surface area contributed by atoms with Crippen LogP contribution in [-0.2, 0) is 32.9 Å². The molecule has 1 fully saturated rings. The van der Waals surface area contributed by atoms with E-state index in [-0.39, 0.29) is 5.75 Å². The number of nitrogens with one attached hydrogen (secondary N) is 2. The molecule has 1 aromatic rings. The van der Waals surface area contributed by atoms with Crippen LogP contribution in [0, 0.1) is 0 Å². The van der Waals surface area contributed by atoms with E-state index < -0.39 is 72.0 Å². The highest BCUT2D eigenvalue weighted by Crippen LogP contribution is 2.57. The van der Waals surface area contributed by atoms with Crippen molar-refractivity contribution in [1.82, 2.24) is 14.6 Å². The second-order valence-electron chi connectivity index (χ2n) is 8.12. The fourth-order valence-electron chi connectivity index (χ4n) is 3.07. The van der Waals surface area contributed by atoms with Crippen molar-refractivity contribution in [3.8, 4) is 0 Å². The molecular weight excluding hydrogens is 529 g/mol. The van der Waals surface area contributed by atoms with E-state index in [0.717, 1.165) is 17.7 Å². The Morgan fingerprint density at radius 3 is 2.63 bits per heavy atom. The van der Waals surface area contributed by atoms with Crippen molar-refractivity contribution in [2.45, 2.75) is 63.2 Å². The summed E-state index contributed by atoms with van der Waals surface area (Å²) in [6.07, 6.45) is -2.99. The van der Waals surface area contributed by atoms with Gasteiger partial charge in [0.25, 0.3) is 5.56 Å². The van der Waals surface area contributed by atoms with Crippen LogP contribution >= 0.6 is 29.7 Å². The average molecular weight is 558 g/mol. The number of H-pyrrole nitrogens is 1. The van der Waals surface area contributed by atoms with Crippen molar-refractivity contribution in [3.05, 3.63) is 33.1 Å². The minimum absolute atomic E-state index is 0.358. The Morgan fingerprint density at radius 2 is 2.06 bits per heavy atom. The lowest BCUT2D eigenvalue weighted by atomic mass is 10.0. The van der Waals surface area contributed by atoms with Gasteiger partial charge in [-0.15, -0.1) is 11.6 Å². The Morgan fingerprint density at radius 1 is 1.40 bits per heavy atom. The fourth-order valence-corrected chi connectivity index (χ4v) is 6.83. The molecule has 35 heavy (non-hydrogen) atoms. The van der Waals surface area contributed by atoms with Gasteiger partial charge in [-0.2, -0.15) is 0 Å². The summed E-state index contributed by atoms with van der Waals surface area (Å²) < 4.78 is 35.4. The van der Waals surface area contributed by atoms with Gasteiger partial charge < -0.3 is 23.8 Å². The van der Waals surface area contributed by atoms with E-state index >= 15 is 0 Å². The molecule has 3 N–H and O–H groups in total. The zero-order valence-electron chi connectivity index (χ0n) is 19.8. The largest absolute Gasteiger partial charge is 0.468 e. The number of esters is 2. The predicted octanol–water partition coefficient (Wildman–Crippen LogP) is 0.753. The summed E-state index contributed by atoms with van der Waals surface area (Å²) in [4.78, 5) is 47.9. The smallest absolute Gasteiger partial charge is 0.330 e. The molecule has 0 aromatic carbocycles. The zero-order chi connectivity index (χ0) is 26.6. The van der Waals surface area contributed by atoms with Crippen molar-refractivity contribution in [1.29, 1.82) is 0 Å². The number of carbonyl (C=O) groups is 2. The molecule has 2 heterocycles. The summed E-state index contributed by atoms with van der Waals surface area (Å²) in [5.41, 5.74) is -1.43. The predicted molar refractivity (Wildman–Crippen MR) is 127 cm³/mol. The lowest BCUT2D eigenvalue weighted by molar-refractivity contribution is -0.149. The van der Waals surface area contributed by atoms with Crippen molar-refractivity contribution >= 4 is 41.6 Å². The molecule has 198 valence electrons. The first kappa shape index (κ1) is 29.6. The number of nitrogens with zero attached hydrogens (tertiary/aromatic N) is 1. The number of carbonyl (C=O) groups excluding carboxylic acids is 2. The molecular formula is C19H29ClN3O10PS. The minimum atomic E-state index is -3.95. The topological polar surface area (TPSA) is 175 Å². The van der Waals surface area contributed by atoms with E-state index in [1.165, 1.54) is 20.0 Å². The van der Waals surface area contributed by atoms with Crippen LogP contribution in [0.3, 0.4) is 0 Å². The lowest BCUT2D eigenvalue weighted by Crippen LogP contribution is -2.43. The van der Waals surface area contributed by atoms with Crippen molar-refractivity contribution < 1.29 is 38.0 Å². The van der Waals surface area contributed by atoms with E-state index in [1.54, 1.807) is 13.8 Å². The summed E-state index contributed by atoms with van der Waals surface area (Å²) in [5.74, 6) is -1.73. The number of ether oxygens (including phenoxy) is 3. The highest BCUT2D eigenvalue weighted by Gasteiger charge is 2.54. The molecule has 0 spiro atoms. The monoisotopic (exact) mass is 557 g/mol. The molecule has 0 unspecified atom stereocenters. The molecule has 13 nitrogen and oxygen atoms in total. The number of hydrogen-bond donors (Lipinski definition) is 3. The zero-order valence-corrected chi connectivity index (χ0v) is 22.2. The van der Waals surface area contributed by atoms with Gasteiger partial charge in [-0.1, -0.05) is 0 Å². The van der Waals surface area contributed by atoms with Crippen molar-refractivity contribution in [3.63, 3.8) is 0 Å². The number of aromatic amines is 1. The van der Waals surface area contributed by atoms with Crippen LogP contribution in [-0.4, -0.2) is 75.3 Å². The molecule has 2 rings (SSSR count). The lowest BCUT2D eigenvalue weighted by Gasteiger charge is -2.26. The number of methoxy groups -OCH3 is 1. The van der Waals surface area contributed by atoms with Gasteiger partial charge in [0.2, 0.25) is 0 Å². The Kier molecular flexibility index (Phi) is 10.2. The molecule has 1 aliphatic heterocycles. The van der Waals surface area contributed by atoms with Gasteiger partial charge in [0, 0.05) is 12.3 Å². The number of hydrogen-bond acceptors (Lipinski definition) is 11. The second kappa shape index (κ2) is 12.0. The van der Waals surface area contributed by atoms with Crippen molar-refractivity contribution in [2.75, 3.05) is 19.5 Å². The number of alkyl halides is 1. The summed E-state index contributed by atoms with van der Waals surface area (Å²) in [5, 5.41) is 13.3. The first-order valence-corrected chi connectivity index (χ1v) is 14.1. The van der Waals surface area contributed by atoms with Crippen LogP contribution < -0.4 is 16.3 Å². The first-order chi connectivity index (χ1) is 16.2. The molecule has 1 saturated heterocycles. The van der Waals surface area contributed by atoms with Gasteiger partial charge in [0.1, 0.15) is 28.9 Å². The van der Waals surface area contributed by atoms with Gasteiger partial charge in [-0.05, 0) is 39.1 Å². The molecule has 0 saturated carbocycles. The Hall–Kier alpha value is -1.67. The standard InChI is InChI=1S/C19H29ClN3O10PS/c1-10(2)32-16(27)11(3)22-34(29,35-9-14(25)30-5)31-8-12-15(26)19(4,20)17(33-12)23-7-6-13(24)21-18(23)28/h6-7,10-12,15,17,26H,8-9H2,1-5H3,(H,22,29)(H,21,24,28)/t11-,12+,15+,17+,19+,34-/m0/s1. The second-order valence-corrected chi connectivity index (χ2v) is 13.2. The molecule has 1 aromatic heterocycles. The van der Waals surface area contributed by atoms with Crippen LogP contribution in [0.2, 0.25) is 0 Å². The number of aromatic nitrogens is 2. The van der Waals surface area contributed by atoms with E-state index in [0.29, 0.717) is 11.4 Å². The third-order valence-corrected chi connectivity index (χ3v) is 9.21. The maximum absolute atomic E-state index is 13.5. The SMILES string of the molecule is COC(=O)CS[P@](=O)(N[C@@H](C)C(=O)OC(C)C)OC[C@H]1O[C@@H](n2ccc(=O)[nH]c2=O)[C@](C)(Cl)[C@@H]1O. The molecule has 16 heteroatoms. The van der Waals surface area contributed by atoms with Gasteiger partial charge >= 0.3 is 24.3 Å². The highest BCUT2D eigenvalue weighted by atomic mass is 35.5. The van der Waals surface area contributed by atoms with E-state index in [9.17, 15) is 28.8 Å². The Labute approximate surface area is 210 Å². The maximum atomic E-state index is 13.5. The van der Waals surface area contributed by atoms with Crippen LogP contribution in [0.4, 0.5) is 0 Å². The third-order valence-electron chi connectivity index (χ3n) is 4.87. The van der Waals surface area contributed by atoms with Gasteiger partial charge in [0.15, 0.2) is 6.23 Å². The van der Waals surface area contributed by atoms with E-state index in [4.69, 9.17) is 25.6 Å². The van der Waals surface area contributed by atoms with E-state index in [2.05, 4.69) is 14.8 Å². The summed E-state index contributed by atoms with van der Waals surface area (Å²) >= 11 is 7.06. The average Bonchev–Trinajstić information content (AvgIpc) is 2.99. The maximum Gasteiger partial charge on any atom is 0.330 e. The van der Waals surface area contributed by atoms with Crippen LogP contribution in [0.5, 0.6) is 0 Å². The number of rotatable bonds is 11. The molecule has 0 aliphatic carbocycles. The first-order valence-electron chi connectivity index (χ1n) is 10.5. The highest BCUT2D eigenvalue weighted by molar-refractivity contribution is 8.56.